The molecule has 2 N–H and O–H groups in total. The first kappa shape index (κ1) is 16.4. The fourth-order valence-corrected chi connectivity index (χ4v) is 4.44. The molecule has 0 aromatic carbocycles. The van der Waals surface area contributed by atoms with Gasteiger partial charge in [0, 0.05) is 38.0 Å². The van der Waals surface area contributed by atoms with E-state index in [9.17, 15) is 8.42 Å². The molecule has 7 nitrogen and oxygen atoms in total. The molecular formula is C13H24N4O3S. The number of aromatic amines is 1. The Bertz CT molecular complexity index is 599. The van der Waals surface area contributed by atoms with Crippen molar-refractivity contribution in [1.29, 1.82) is 0 Å². The van der Waals surface area contributed by atoms with Crippen LogP contribution in [0, 0.1) is 6.92 Å². The van der Waals surface area contributed by atoms with Crippen molar-refractivity contribution in [2.75, 3.05) is 27.2 Å². The summed E-state index contributed by atoms with van der Waals surface area (Å²) in [6.07, 6.45) is 1.65. The predicted molar refractivity (Wildman–Crippen MR) is 79.5 cm³/mol. The number of aromatic nitrogens is 2. The monoisotopic (exact) mass is 316 g/mol. The maximum absolute atomic E-state index is 12.9. The van der Waals surface area contributed by atoms with Crippen molar-refractivity contribution in [2.24, 2.45) is 0 Å². The van der Waals surface area contributed by atoms with E-state index in [1.165, 1.54) is 4.31 Å². The number of H-pyrrole nitrogens is 1. The normalized spacial score (nSPS) is 24.4. The number of piperidine rings is 1. The minimum atomic E-state index is -3.60. The average molecular weight is 316 g/mol. The van der Waals surface area contributed by atoms with Crippen LogP contribution >= 0.6 is 0 Å². The summed E-state index contributed by atoms with van der Waals surface area (Å²) in [5.41, 5.74) is 1.04. The minimum Gasteiger partial charge on any atom is -0.377 e. The molecule has 1 fully saturated rings. The summed E-state index contributed by atoms with van der Waals surface area (Å²) in [5.74, 6) is 0. The summed E-state index contributed by atoms with van der Waals surface area (Å²) in [4.78, 5) is 0. The van der Waals surface area contributed by atoms with E-state index in [0.29, 0.717) is 25.2 Å². The predicted octanol–water partition coefficient (Wildman–Crippen LogP) is 0.627. The molecule has 1 aliphatic heterocycles. The molecule has 1 atom stereocenters. The molecule has 0 bridgehead atoms. The third kappa shape index (κ3) is 3.13. The van der Waals surface area contributed by atoms with Crippen LogP contribution in [0.15, 0.2) is 5.03 Å². The van der Waals surface area contributed by atoms with Gasteiger partial charge in [-0.15, -0.1) is 0 Å². The van der Waals surface area contributed by atoms with E-state index in [-0.39, 0.29) is 5.03 Å². The van der Waals surface area contributed by atoms with Gasteiger partial charge in [0.1, 0.15) is 0 Å². The van der Waals surface area contributed by atoms with Crippen LogP contribution < -0.4 is 5.32 Å². The van der Waals surface area contributed by atoms with Gasteiger partial charge >= 0.3 is 0 Å². The van der Waals surface area contributed by atoms with Gasteiger partial charge in [-0.1, -0.05) is 0 Å². The summed E-state index contributed by atoms with van der Waals surface area (Å²) in [7, 11) is -0.195. The average Bonchev–Trinajstić information content (AvgIpc) is 2.82. The first-order chi connectivity index (χ1) is 9.84. The van der Waals surface area contributed by atoms with Gasteiger partial charge in [-0.05, 0) is 33.7 Å². The molecular weight excluding hydrogens is 292 g/mol. The van der Waals surface area contributed by atoms with Gasteiger partial charge in [0.05, 0.1) is 5.60 Å². The third-order valence-corrected chi connectivity index (χ3v) is 5.91. The van der Waals surface area contributed by atoms with E-state index in [1.807, 2.05) is 13.8 Å². The van der Waals surface area contributed by atoms with Crippen LogP contribution in [0.5, 0.6) is 0 Å². The first-order valence-corrected chi connectivity index (χ1v) is 8.52. The molecule has 8 heteroatoms. The van der Waals surface area contributed by atoms with E-state index < -0.39 is 15.6 Å². The zero-order valence-electron chi connectivity index (χ0n) is 13.1. The van der Waals surface area contributed by atoms with Gasteiger partial charge in [-0.3, -0.25) is 5.10 Å². The molecule has 0 amide bonds. The number of methoxy groups -OCH3 is 1. The van der Waals surface area contributed by atoms with Crippen LogP contribution in [0.2, 0.25) is 0 Å². The van der Waals surface area contributed by atoms with E-state index >= 15 is 0 Å². The Morgan fingerprint density at radius 1 is 1.52 bits per heavy atom. The number of rotatable bonds is 5. The number of hydrogen-bond acceptors (Lipinski definition) is 5. The Morgan fingerprint density at radius 2 is 2.24 bits per heavy atom. The van der Waals surface area contributed by atoms with Crippen LogP contribution in [-0.2, 0) is 21.3 Å². The fraction of sp³-hybridized carbons (Fsp3) is 0.769. The Labute approximate surface area is 126 Å². The van der Waals surface area contributed by atoms with Gasteiger partial charge in [-0.2, -0.15) is 9.40 Å². The van der Waals surface area contributed by atoms with Crippen molar-refractivity contribution in [1.82, 2.24) is 19.8 Å². The largest absolute Gasteiger partial charge is 0.377 e. The maximum atomic E-state index is 12.9. The van der Waals surface area contributed by atoms with Crippen molar-refractivity contribution in [3.63, 3.8) is 0 Å². The number of hydrogen-bond donors (Lipinski definition) is 2. The first-order valence-electron chi connectivity index (χ1n) is 7.08. The summed E-state index contributed by atoms with van der Waals surface area (Å²) < 4.78 is 32.7. The van der Waals surface area contributed by atoms with E-state index in [2.05, 4.69) is 15.5 Å². The molecule has 0 spiro atoms. The Morgan fingerprint density at radius 3 is 2.86 bits per heavy atom. The fourth-order valence-electron chi connectivity index (χ4n) is 2.68. The van der Waals surface area contributed by atoms with Crippen molar-refractivity contribution < 1.29 is 13.2 Å². The van der Waals surface area contributed by atoms with E-state index in [0.717, 1.165) is 18.5 Å². The second-order valence-electron chi connectivity index (χ2n) is 5.76. The van der Waals surface area contributed by atoms with Crippen LogP contribution in [0.4, 0.5) is 0 Å². The molecule has 0 aliphatic carbocycles. The molecule has 2 rings (SSSR count). The lowest BCUT2D eigenvalue weighted by Gasteiger charge is -2.38. The van der Waals surface area contributed by atoms with Crippen molar-refractivity contribution >= 4 is 10.0 Å². The second-order valence-corrected chi connectivity index (χ2v) is 7.61. The van der Waals surface area contributed by atoms with Crippen LogP contribution in [0.25, 0.3) is 0 Å². The lowest BCUT2D eigenvalue weighted by atomic mass is 9.96. The number of sulfonamides is 1. The molecule has 2 heterocycles. The van der Waals surface area contributed by atoms with E-state index in [4.69, 9.17) is 4.74 Å². The molecule has 21 heavy (non-hydrogen) atoms. The lowest BCUT2D eigenvalue weighted by molar-refractivity contribution is -0.0319. The SMILES string of the molecule is CNCc1c(S(=O)(=O)N2CCCC(C)(OC)C2)n[nH]c1C. The third-order valence-electron chi connectivity index (χ3n) is 4.09. The molecule has 120 valence electrons. The number of aryl methyl sites for hydroxylation is 1. The molecule has 1 unspecified atom stereocenters. The minimum absolute atomic E-state index is 0.120. The summed E-state index contributed by atoms with van der Waals surface area (Å²) >= 11 is 0. The van der Waals surface area contributed by atoms with Gasteiger partial charge in [0.15, 0.2) is 5.03 Å². The zero-order valence-corrected chi connectivity index (χ0v) is 13.9. The highest BCUT2D eigenvalue weighted by molar-refractivity contribution is 7.89. The lowest BCUT2D eigenvalue weighted by Crippen LogP contribution is -2.49. The van der Waals surface area contributed by atoms with Crippen molar-refractivity contribution in [3.8, 4) is 0 Å². The Balaban J connectivity index is 2.34. The highest BCUT2D eigenvalue weighted by atomic mass is 32.2. The van der Waals surface area contributed by atoms with Gasteiger partial charge in [0.2, 0.25) is 0 Å². The topological polar surface area (TPSA) is 87.3 Å². The maximum Gasteiger partial charge on any atom is 0.262 e. The zero-order chi connectivity index (χ0) is 15.7. The van der Waals surface area contributed by atoms with Gasteiger partial charge in [0.25, 0.3) is 10.0 Å². The van der Waals surface area contributed by atoms with Gasteiger partial charge in [-0.25, -0.2) is 8.42 Å². The van der Waals surface area contributed by atoms with Crippen LogP contribution in [0.1, 0.15) is 31.0 Å². The highest BCUT2D eigenvalue weighted by Crippen LogP contribution is 2.29. The summed E-state index contributed by atoms with van der Waals surface area (Å²) in [5, 5.41) is 9.90. The molecule has 1 aliphatic rings. The molecule has 1 aromatic heterocycles. The molecule has 1 aromatic rings. The van der Waals surface area contributed by atoms with Crippen LogP contribution in [0.3, 0.4) is 0 Å². The van der Waals surface area contributed by atoms with E-state index in [1.54, 1.807) is 14.2 Å². The molecule has 0 radical (unpaired) electrons. The Kier molecular flexibility index (Phi) is 4.72. The summed E-state index contributed by atoms with van der Waals surface area (Å²) in [6.45, 7) is 5.10. The number of ether oxygens (including phenoxy) is 1. The standard InChI is InChI=1S/C13H24N4O3S/c1-10-11(8-14-3)12(16-15-10)21(18,19)17-7-5-6-13(2,9-17)20-4/h14H,5-9H2,1-4H3,(H,15,16). The van der Waals surface area contributed by atoms with Crippen molar-refractivity contribution in [2.45, 2.75) is 43.9 Å². The Hall–Kier alpha value is -0.960. The summed E-state index contributed by atoms with van der Waals surface area (Å²) in [6, 6.07) is 0. The second kappa shape index (κ2) is 6.04. The highest BCUT2D eigenvalue weighted by Gasteiger charge is 2.39. The number of nitrogens with zero attached hydrogens (tertiary/aromatic N) is 2. The quantitative estimate of drug-likeness (QED) is 0.832. The molecule has 1 saturated heterocycles. The van der Waals surface area contributed by atoms with Crippen LogP contribution in [-0.4, -0.2) is 55.8 Å². The number of nitrogens with one attached hydrogen (secondary N) is 2. The smallest absolute Gasteiger partial charge is 0.262 e. The van der Waals surface area contributed by atoms with Gasteiger partial charge < -0.3 is 10.1 Å². The molecule has 0 saturated carbocycles. The van der Waals surface area contributed by atoms with Crippen molar-refractivity contribution in [3.05, 3.63) is 11.3 Å².